The van der Waals surface area contributed by atoms with Crippen LogP contribution in [0.4, 0.5) is 4.79 Å². The number of rotatable bonds is 11. The number of benzene rings is 1. The molecule has 0 aliphatic carbocycles. The molecule has 5 nitrogen and oxygen atoms in total. The van der Waals surface area contributed by atoms with Gasteiger partial charge in [0.2, 0.25) is 0 Å². The van der Waals surface area contributed by atoms with E-state index in [0.717, 1.165) is 5.56 Å². The third kappa shape index (κ3) is 6.76. The van der Waals surface area contributed by atoms with Gasteiger partial charge in [-0.15, -0.1) is 0 Å². The van der Waals surface area contributed by atoms with E-state index >= 15 is 0 Å². The van der Waals surface area contributed by atoms with Crippen LogP contribution in [-0.2, 0) is 32.7 Å². The van der Waals surface area contributed by atoms with Gasteiger partial charge in [0.25, 0.3) is 0 Å². The number of ether oxygens (including phenoxy) is 2. The molecule has 0 radical (unpaired) electrons. The molecule has 0 heterocycles. The molecule has 0 saturated heterocycles. The minimum absolute atomic E-state index is 0.0819. The van der Waals surface area contributed by atoms with Gasteiger partial charge in [0.15, 0.2) is 0 Å². The molecule has 0 bridgehead atoms. The van der Waals surface area contributed by atoms with Crippen LogP contribution >= 0.6 is 31.8 Å². The first kappa shape index (κ1) is 22.7. The summed E-state index contributed by atoms with van der Waals surface area (Å²) in [5.41, 5.74) is 0.836. The fourth-order valence-corrected chi connectivity index (χ4v) is 4.33. The maximum atomic E-state index is 12.8. The maximum Gasteiger partial charge on any atom is 0.411 e. The fraction of sp³-hybridized carbons (Fsp3) is 0.412. The van der Waals surface area contributed by atoms with Crippen LogP contribution in [0.2, 0.25) is 0 Å². The van der Waals surface area contributed by atoms with Crippen molar-refractivity contribution in [2.75, 3.05) is 13.2 Å². The molecule has 1 rings (SSSR count). The first-order valence-corrected chi connectivity index (χ1v) is 10.7. The lowest BCUT2D eigenvalue weighted by Gasteiger charge is -2.37. The molecular weight excluding hydrogens is 409 g/mol. The van der Waals surface area contributed by atoms with Crippen LogP contribution in [0.1, 0.15) is 25.3 Å². The number of nitrogens with zero attached hydrogens (tertiary/aromatic N) is 1. The summed E-state index contributed by atoms with van der Waals surface area (Å²) in [5, 5.41) is 2.06. The lowest BCUT2D eigenvalue weighted by Crippen LogP contribution is -2.51. The van der Waals surface area contributed by atoms with Crippen molar-refractivity contribution in [3.8, 4) is 0 Å². The quantitative estimate of drug-likeness (QED) is 0.299. The Bertz CT molecular complexity index is 632. The van der Waals surface area contributed by atoms with Crippen LogP contribution < -0.4 is 0 Å². The highest BCUT2D eigenvalue weighted by molar-refractivity contribution is 7.97. The first-order chi connectivity index (χ1) is 12.5. The van der Waals surface area contributed by atoms with Gasteiger partial charge in [0.05, 0.1) is 6.61 Å². The number of hydrogen-bond acceptors (Lipinski definition) is 7. The van der Waals surface area contributed by atoms with Crippen LogP contribution in [0.15, 0.2) is 30.3 Å². The summed E-state index contributed by atoms with van der Waals surface area (Å²) in [6.07, 6.45) is -0.0475. The second kappa shape index (κ2) is 12.1. The van der Waals surface area contributed by atoms with E-state index in [1.54, 1.807) is 6.92 Å². The average molecular weight is 430 g/mol. The van der Waals surface area contributed by atoms with Gasteiger partial charge in [-0.25, -0.2) is 4.79 Å². The Hall–Kier alpha value is -1.34. The fourth-order valence-electron chi connectivity index (χ4n) is 2.21. The van der Waals surface area contributed by atoms with Crippen molar-refractivity contribution in [3.05, 3.63) is 35.9 Å². The number of esters is 1. The molecule has 9 heteroatoms. The SMILES string of the molecule is CCOC(=O)CN(C(=O)OCc1ccccc1)C(CC=S)(CC=S)P=S. The summed E-state index contributed by atoms with van der Waals surface area (Å²) in [6, 6.07) is 9.26. The predicted octanol–water partition coefficient (Wildman–Crippen LogP) is 4.07. The monoisotopic (exact) mass is 429 g/mol. The van der Waals surface area contributed by atoms with Gasteiger partial charge in [-0.3, -0.25) is 9.69 Å². The van der Waals surface area contributed by atoms with Crippen molar-refractivity contribution in [3.63, 3.8) is 0 Å². The van der Waals surface area contributed by atoms with Crippen molar-refractivity contribution in [1.29, 1.82) is 0 Å². The van der Waals surface area contributed by atoms with Crippen molar-refractivity contribution < 1.29 is 19.1 Å². The van der Waals surface area contributed by atoms with Gasteiger partial charge >= 0.3 is 12.1 Å². The lowest BCUT2D eigenvalue weighted by atomic mass is 10.1. The van der Waals surface area contributed by atoms with E-state index in [9.17, 15) is 9.59 Å². The Labute approximate surface area is 170 Å². The minimum atomic E-state index is -0.917. The van der Waals surface area contributed by atoms with Crippen molar-refractivity contribution in [2.45, 2.75) is 31.7 Å². The van der Waals surface area contributed by atoms with Gasteiger partial charge in [-0.1, -0.05) is 66.6 Å². The van der Waals surface area contributed by atoms with Crippen molar-refractivity contribution >= 4 is 66.4 Å². The molecule has 1 aromatic rings. The zero-order chi connectivity index (χ0) is 19.4. The molecule has 26 heavy (non-hydrogen) atoms. The topological polar surface area (TPSA) is 55.8 Å². The van der Waals surface area contributed by atoms with E-state index < -0.39 is 17.3 Å². The van der Waals surface area contributed by atoms with Gasteiger partial charge < -0.3 is 9.47 Å². The molecule has 0 aliphatic rings. The molecule has 0 fully saturated rings. The van der Waals surface area contributed by atoms with Crippen LogP contribution in [0.5, 0.6) is 0 Å². The number of carbonyl (C=O) groups is 2. The van der Waals surface area contributed by atoms with Crippen LogP contribution in [-0.4, -0.2) is 46.1 Å². The average Bonchev–Trinajstić information content (AvgIpc) is 2.65. The molecule has 0 N–H and O–H groups in total. The smallest absolute Gasteiger partial charge is 0.411 e. The highest BCUT2D eigenvalue weighted by Gasteiger charge is 2.40. The number of carbonyl (C=O) groups excluding carboxylic acids is 2. The van der Waals surface area contributed by atoms with E-state index in [-0.39, 0.29) is 19.8 Å². The van der Waals surface area contributed by atoms with Crippen LogP contribution in [0, 0.1) is 0 Å². The zero-order valence-corrected chi connectivity index (χ0v) is 17.7. The number of thiocarbonyl (C=S) groups is 2. The number of hydrogen-bond donors (Lipinski definition) is 0. The molecule has 0 saturated carbocycles. The molecule has 0 unspecified atom stereocenters. The van der Waals surface area contributed by atoms with Crippen molar-refractivity contribution in [2.24, 2.45) is 0 Å². The number of amides is 1. The third-order valence-corrected chi connectivity index (χ3v) is 5.81. The Morgan fingerprint density at radius 3 is 2.27 bits per heavy atom. The van der Waals surface area contributed by atoms with E-state index in [4.69, 9.17) is 45.7 Å². The van der Waals surface area contributed by atoms with Crippen LogP contribution in [0.25, 0.3) is 0 Å². The summed E-state index contributed by atoms with van der Waals surface area (Å²) in [6.45, 7) is 1.71. The molecule has 0 atom stereocenters. The second-order valence-electron chi connectivity index (χ2n) is 5.25. The van der Waals surface area contributed by atoms with Gasteiger partial charge in [-0.2, -0.15) is 0 Å². The van der Waals surface area contributed by atoms with Crippen LogP contribution in [0.3, 0.4) is 0 Å². The summed E-state index contributed by atoms with van der Waals surface area (Å²) in [5.74, 6) is -0.541. The Kier molecular flexibility index (Phi) is 10.6. The summed E-state index contributed by atoms with van der Waals surface area (Å²) in [7, 11) is 0.436. The molecule has 0 aromatic heterocycles. The van der Waals surface area contributed by atoms with E-state index in [1.807, 2.05) is 30.3 Å². The molecule has 0 spiro atoms. The molecule has 1 aromatic carbocycles. The van der Waals surface area contributed by atoms with Gasteiger partial charge in [0, 0.05) is 20.2 Å². The van der Waals surface area contributed by atoms with E-state index in [0.29, 0.717) is 20.2 Å². The summed E-state index contributed by atoms with van der Waals surface area (Å²) >= 11 is 15.2. The first-order valence-electron chi connectivity index (χ1n) is 7.88. The molecule has 1 amide bonds. The minimum Gasteiger partial charge on any atom is -0.465 e. The standard InChI is InChI=1S/C17H20NO4PS3/c1-2-21-15(19)12-18(17(23-26,8-10-24)9-11-25)16(20)22-13-14-6-4-3-5-7-14/h3-7,10-11H,2,8-9,12-13H2,1H3. The summed E-state index contributed by atoms with van der Waals surface area (Å²) in [4.78, 5) is 26.1. The van der Waals surface area contributed by atoms with Gasteiger partial charge in [-0.05, 0) is 23.2 Å². The predicted molar refractivity (Wildman–Crippen MR) is 114 cm³/mol. The van der Waals surface area contributed by atoms with E-state index in [2.05, 4.69) is 0 Å². The van der Waals surface area contributed by atoms with Crippen molar-refractivity contribution in [1.82, 2.24) is 4.90 Å². The normalized spacial score (nSPS) is 10.8. The second-order valence-corrected chi connectivity index (χ2v) is 7.48. The van der Waals surface area contributed by atoms with E-state index in [1.165, 1.54) is 15.6 Å². The Morgan fingerprint density at radius 2 is 1.77 bits per heavy atom. The zero-order valence-electron chi connectivity index (χ0n) is 14.3. The largest absolute Gasteiger partial charge is 0.465 e. The lowest BCUT2D eigenvalue weighted by molar-refractivity contribution is -0.144. The Morgan fingerprint density at radius 1 is 1.15 bits per heavy atom. The van der Waals surface area contributed by atoms with Gasteiger partial charge in [0.1, 0.15) is 18.4 Å². The summed E-state index contributed by atoms with van der Waals surface area (Å²) < 4.78 is 10.4. The third-order valence-electron chi connectivity index (χ3n) is 3.51. The molecule has 140 valence electrons. The molecular formula is C17H20NO4PS3. The maximum absolute atomic E-state index is 12.8. The highest BCUT2D eigenvalue weighted by atomic mass is 32.4. The highest BCUT2D eigenvalue weighted by Crippen LogP contribution is 2.35. The Balaban J connectivity index is 3.05. The molecule has 0 aliphatic heterocycles.